The zero-order valence-corrected chi connectivity index (χ0v) is 10.2. The molecule has 0 atom stereocenters. The van der Waals surface area contributed by atoms with Crippen LogP contribution in [0.5, 0.6) is 5.75 Å². The van der Waals surface area contributed by atoms with Crippen LogP contribution in [0.3, 0.4) is 0 Å². The van der Waals surface area contributed by atoms with E-state index in [-0.39, 0.29) is 17.1 Å². The highest BCUT2D eigenvalue weighted by Gasteiger charge is 2.09. The van der Waals surface area contributed by atoms with Crippen molar-refractivity contribution in [1.82, 2.24) is 0 Å². The Morgan fingerprint density at radius 3 is 2.44 bits per heavy atom. The largest absolute Gasteiger partial charge is 0.507 e. The lowest BCUT2D eigenvalue weighted by atomic mass is 10.0. The quantitative estimate of drug-likeness (QED) is 0.632. The predicted octanol–water partition coefficient (Wildman–Crippen LogP) is 2.64. The van der Waals surface area contributed by atoms with Crippen molar-refractivity contribution in [3.8, 4) is 5.75 Å². The summed E-state index contributed by atoms with van der Waals surface area (Å²) >= 11 is 0. The lowest BCUT2D eigenvalue weighted by Gasteiger charge is -2.02. The van der Waals surface area contributed by atoms with Gasteiger partial charge in [-0.05, 0) is 43.7 Å². The summed E-state index contributed by atoms with van der Waals surface area (Å²) in [5.74, 6) is -1.50. The van der Waals surface area contributed by atoms with Crippen LogP contribution in [0.15, 0.2) is 35.9 Å². The van der Waals surface area contributed by atoms with Gasteiger partial charge >= 0.3 is 5.97 Å². The van der Waals surface area contributed by atoms with Crippen LogP contribution in [0, 0.1) is 0 Å². The summed E-state index contributed by atoms with van der Waals surface area (Å²) in [5, 5.41) is 18.1. The topological polar surface area (TPSA) is 74.6 Å². The maximum absolute atomic E-state index is 11.8. The van der Waals surface area contributed by atoms with Gasteiger partial charge in [0.05, 0.1) is 5.56 Å². The van der Waals surface area contributed by atoms with Gasteiger partial charge in [0.2, 0.25) is 0 Å². The lowest BCUT2D eigenvalue weighted by molar-refractivity contribution is -0.131. The van der Waals surface area contributed by atoms with Gasteiger partial charge in [-0.2, -0.15) is 0 Å². The van der Waals surface area contributed by atoms with E-state index in [1.54, 1.807) is 13.8 Å². The van der Waals surface area contributed by atoms with Gasteiger partial charge in [0.1, 0.15) is 5.75 Å². The molecular formula is C14H14O4. The van der Waals surface area contributed by atoms with Crippen molar-refractivity contribution >= 4 is 17.8 Å². The minimum atomic E-state index is -1.07. The number of carboxylic acid groups (broad SMARTS) is 1. The van der Waals surface area contributed by atoms with Crippen LogP contribution in [0.1, 0.15) is 29.8 Å². The fourth-order valence-corrected chi connectivity index (χ4v) is 1.36. The third-order valence-corrected chi connectivity index (χ3v) is 2.12. The molecule has 0 aliphatic heterocycles. The van der Waals surface area contributed by atoms with Crippen LogP contribution in [0.25, 0.3) is 6.08 Å². The number of aliphatic carboxylic acids is 1. The first kappa shape index (κ1) is 13.7. The Labute approximate surface area is 105 Å². The maximum atomic E-state index is 11.8. The molecule has 0 saturated carbocycles. The molecule has 2 N–H and O–H groups in total. The standard InChI is InChI=1S/C14H14O4/c1-9(2)7-13(16)11-8-10(3-5-12(11)15)4-6-14(17)18/h3-8,15H,1-2H3,(H,17,18)/b6-4+. The van der Waals surface area contributed by atoms with Gasteiger partial charge in [-0.15, -0.1) is 0 Å². The number of carbonyl (C=O) groups excluding carboxylic acids is 1. The van der Waals surface area contributed by atoms with E-state index in [1.807, 2.05) is 0 Å². The predicted molar refractivity (Wildman–Crippen MR) is 68.5 cm³/mol. The minimum absolute atomic E-state index is 0.120. The fourth-order valence-electron chi connectivity index (χ4n) is 1.36. The molecule has 0 aromatic heterocycles. The fraction of sp³-hybridized carbons (Fsp3) is 0.143. The Morgan fingerprint density at radius 1 is 1.22 bits per heavy atom. The molecule has 0 amide bonds. The number of aromatic hydroxyl groups is 1. The van der Waals surface area contributed by atoms with Gasteiger partial charge in [0.15, 0.2) is 5.78 Å². The average molecular weight is 246 g/mol. The van der Waals surface area contributed by atoms with Crippen molar-refractivity contribution in [3.63, 3.8) is 0 Å². The smallest absolute Gasteiger partial charge is 0.328 e. The number of rotatable bonds is 4. The van der Waals surface area contributed by atoms with Crippen molar-refractivity contribution in [1.29, 1.82) is 0 Å². The van der Waals surface area contributed by atoms with Crippen molar-refractivity contribution in [2.75, 3.05) is 0 Å². The summed E-state index contributed by atoms with van der Waals surface area (Å²) in [6.45, 7) is 3.56. The van der Waals surface area contributed by atoms with Crippen molar-refractivity contribution in [3.05, 3.63) is 47.1 Å². The Kier molecular flexibility index (Phi) is 4.43. The number of benzene rings is 1. The molecule has 0 heterocycles. The van der Waals surface area contributed by atoms with Gasteiger partial charge in [0, 0.05) is 6.08 Å². The highest BCUT2D eigenvalue weighted by Crippen LogP contribution is 2.20. The zero-order valence-electron chi connectivity index (χ0n) is 10.2. The highest BCUT2D eigenvalue weighted by atomic mass is 16.4. The molecule has 4 nitrogen and oxygen atoms in total. The zero-order chi connectivity index (χ0) is 13.7. The molecule has 0 saturated heterocycles. The summed E-state index contributed by atoms with van der Waals surface area (Å²) in [4.78, 5) is 22.2. The second-order valence-corrected chi connectivity index (χ2v) is 4.03. The molecule has 1 aromatic rings. The van der Waals surface area contributed by atoms with Crippen molar-refractivity contribution in [2.24, 2.45) is 0 Å². The first-order valence-electron chi connectivity index (χ1n) is 5.33. The highest BCUT2D eigenvalue weighted by molar-refractivity contribution is 6.07. The van der Waals surface area contributed by atoms with Crippen molar-refractivity contribution < 1.29 is 19.8 Å². The lowest BCUT2D eigenvalue weighted by Crippen LogP contribution is -1.96. The second kappa shape index (κ2) is 5.82. The Balaban J connectivity index is 3.13. The molecule has 18 heavy (non-hydrogen) atoms. The van der Waals surface area contributed by atoms with E-state index >= 15 is 0 Å². The van der Waals surface area contributed by atoms with E-state index in [1.165, 1.54) is 30.4 Å². The SMILES string of the molecule is CC(C)=CC(=O)c1cc(/C=C/C(=O)O)ccc1O. The Bertz CT molecular complexity index is 535. The van der Waals surface area contributed by atoms with Crippen LogP contribution < -0.4 is 0 Å². The van der Waals surface area contributed by atoms with Gasteiger partial charge in [-0.1, -0.05) is 11.6 Å². The molecule has 0 radical (unpaired) electrons. The van der Waals surface area contributed by atoms with Gasteiger partial charge in [0.25, 0.3) is 0 Å². The van der Waals surface area contributed by atoms with Gasteiger partial charge in [-0.3, -0.25) is 4.79 Å². The molecule has 0 spiro atoms. The number of carbonyl (C=O) groups is 2. The number of ketones is 1. The third kappa shape index (κ3) is 3.90. The summed E-state index contributed by atoms with van der Waals surface area (Å²) in [7, 11) is 0. The first-order valence-corrected chi connectivity index (χ1v) is 5.33. The molecule has 1 rings (SSSR count). The summed E-state index contributed by atoms with van der Waals surface area (Å²) in [6, 6.07) is 4.36. The van der Waals surface area contributed by atoms with E-state index in [2.05, 4.69) is 0 Å². The monoisotopic (exact) mass is 246 g/mol. The molecule has 0 bridgehead atoms. The number of phenolic OH excluding ortho intramolecular Hbond substituents is 1. The van der Waals surface area contributed by atoms with Crippen LogP contribution in [0.4, 0.5) is 0 Å². The van der Waals surface area contributed by atoms with Crippen LogP contribution in [0.2, 0.25) is 0 Å². The van der Waals surface area contributed by atoms with E-state index < -0.39 is 5.97 Å². The summed E-state index contributed by atoms with van der Waals surface area (Å²) in [6.07, 6.45) is 3.75. The number of allylic oxidation sites excluding steroid dienone is 2. The maximum Gasteiger partial charge on any atom is 0.328 e. The molecule has 0 aliphatic carbocycles. The molecule has 1 aromatic carbocycles. The normalized spacial score (nSPS) is 10.3. The molecule has 0 aliphatic rings. The van der Waals surface area contributed by atoms with E-state index in [4.69, 9.17) is 5.11 Å². The minimum Gasteiger partial charge on any atom is -0.507 e. The molecule has 94 valence electrons. The number of hydrogen-bond donors (Lipinski definition) is 2. The second-order valence-electron chi connectivity index (χ2n) is 4.03. The Morgan fingerprint density at radius 2 is 1.89 bits per heavy atom. The molecular weight excluding hydrogens is 232 g/mol. The van der Waals surface area contributed by atoms with E-state index in [0.29, 0.717) is 5.56 Å². The molecule has 4 heteroatoms. The van der Waals surface area contributed by atoms with Crippen LogP contribution >= 0.6 is 0 Å². The summed E-state index contributed by atoms with van der Waals surface area (Å²) in [5.41, 5.74) is 1.52. The van der Waals surface area contributed by atoms with Crippen LogP contribution in [-0.4, -0.2) is 22.0 Å². The van der Waals surface area contributed by atoms with Crippen molar-refractivity contribution in [2.45, 2.75) is 13.8 Å². The van der Waals surface area contributed by atoms with E-state index in [0.717, 1.165) is 11.6 Å². The first-order chi connectivity index (χ1) is 8.40. The Hall–Kier alpha value is -2.36. The van der Waals surface area contributed by atoms with E-state index in [9.17, 15) is 14.7 Å². The molecule has 0 unspecified atom stereocenters. The number of carboxylic acids is 1. The van der Waals surface area contributed by atoms with Gasteiger partial charge < -0.3 is 10.2 Å². The number of hydrogen-bond acceptors (Lipinski definition) is 3. The molecule has 0 fully saturated rings. The average Bonchev–Trinajstić information content (AvgIpc) is 2.26. The number of phenols is 1. The summed E-state index contributed by atoms with van der Waals surface area (Å²) < 4.78 is 0. The van der Waals surface area contributed by atoms with Gasteiger partial charge in [-0.25, -0.2) is 4.79 Å². The third-order valence-electron chi connectivity index (χ3n) is 2.12. The van der Waals surface area contributed by atoms with Crippen LogP contribution in [-0.2, 0) is 4.79 Å².